The van der Waals surface area contributed by atoms with Gasteiger partial charge in [-0.05, 0) is 48.6 Å². The number of thioether (sulfide) groups is 1. The smallest absolute Gasteiger partial charge is 0.276 e. The zero-order chi connectivity index (χ0) is 18.1. The summed E-state index contributed by atoms with van der Waals surface area (Å²) >= 11 is 1.59. The lowest BCUT2D eigenvalue weighted by atomic mass is 10.1. The molecular formula is C18H17FN2O3S. The highest BCUT2D eigenvalue weighted by atomic mass is 32.2. The molecule has 0 unspecified atom stereocenters. The Morgan fingerprint density at radius 1 is 1.20 bits per heavy atom. The first kappa shape index (κ1) is 18.7. The van der Waals surface area contributed by atoms with Crippen molar-refractivity contribution in [3.05, 3.63) is 76.1 Å². The molecule has 0 saturated heterocycles. The quantitative estimate of drug-likeness (QED) is 0.253. The molecule has 0 aliphatic rings. The van der Waals surface area contributed by atoms with Gasteiger partial charge in [-0.1, -0.05) is 12.1 Å². The van der Waals surface area contributed by atoms with E-state index in [9.17, 15) is 19.3 Å². The molecule has 0 spiro atoms. The van der Waals surface area contributed by atoms with Crippen LogP contribution in [0, 0.1) is 15.9 Å². The molecule has 5 nitrogen and oxygen atoms in total. The fraction of sp³-hybridized carbons (Fsp3) is 0.167. The van der Waals surface area contributed by atoms with E-state index in [-0.39, 0.29) is 17.4 Å². The molecule has 2 aromatic rings. The Kier molecular flexibility index (Phi) is 7.16. The number of nitro benzene ring substituents is 1. The monoisotopic (exact) mass is 360 g/mol. The molecule has 0 aromatic heterocycles. The van der Waals surface area contributed by atoms with Crippen molar-refractivity contribution in [1.82, 2.24) is 5.32 Å². The third-order valence-corrected chi connectivity index (χ3v) is 4.35. The van der Waals surface area contributed by atoms with E-state index in [2.05, 4.69) is 5.32 Å². The molecule has 0 heterocycles. The molecule has 0 fully saturated rings. The standard InChI is InChI=1S/C18H17FN2O3S/c19-15-7-9-16(10-8-15)25-13-3-12-20-18(22)11-6-14-4-1-2-5-17(14)21(23)24/h1-2,4-11H,3,12-13H2,(H,20,22). The molecule has 2 rings (SSSR count). The Labute approximate surface area is 149 Å². The summed E-state index contributed by atoms with van der Waals surface area (Å²) in [6.07, 6.45) is 3.48. The molecule has 7 heteroatoms. The molecule has 0 aliphatic heterocycles. The Morgan fingerprint density at radius 3 is 2.64 bits per heavy atom. The Morgan fingerprint density at radius 2 is 1.92 bits per heavy atom. The van der Waals surface area contributed by atoms with Crippen LogP contribution >= 0.6 is 11.8 Å². The van der Waals surface area contributed by atoms with Crippen LogP contribution in [0.4, 0.5) is 10.1 Å². The lowest BCUT2D eigenvalue weighted by Gasteiger charge is -2.03. The highest BCUT2D eigenvalue weighted by Gasteiger charge is 2.09. The fourth-order valence-electron chi connectivity index (χ4n) is 2.02. The van der Waals surface area contributed by atoms with Crippen molar-refractivity contribution in [3.63, 3.8) is 0 Å². The van der Waals surface area contributed by atoms with Gasteiger partial charge >= 0.3 is 0 Å². The third-order valence-electron chi connectivity index (χ3n) is 3.25. The molecule has 1 amide bonds. The minimum absolute atomic E-state index is 0.0396. The maximum Gasteiger partial charge on any atom is 0.276 e. The Hall–Kier alpha value is -2.67. The van der Waals surface area contributed by atoms with Gasteiger partial charge in [0.2, 0.25) is 5.91 Å². The van der Waals surface area contributed by atoms with Gasteiger partial charge in [-0.15, -0.1) is 11.8 Å². The van der Waals surface area contributed by atoms with Gasteiger partial charge in [0, 0.05) is 23.6 Å². The molecule has 2 aromatic carbocycles. The third kappa shape index (κ3) is 6.39. The number of nitrogens with one attached hydrogen (secondary N) is 1. The largest absolute Gasteiger partial charge is 0.353 e. The summed E-state index contributed by atoms with van der Waals surface area (Å²) in [7, 11) is 0. The first-order chi connectivity index (χ1) is 12.1. The van der Waals surface area contributed by atoms with Gasteiger partial charge in [0.05, 0.1) is 10.5 Å². The van der Waals surface area contributed by atoms with E-state index in [1.165, 1.54) is 30.4 Å². The van der Waals surface area contributed by atoms with Crippen LogP contribution in [-0.4, -0.2) is 23.1 Å². The number of halogens is 1. The average molecular weight is 360 g/mol. The first-order valence-corrected chi connectivity index (χ1v) is 8.62. The molecule has 1 N–H and O–H groups in total. The molecule has 0 atom stereocenters. The van der Waals surface area contributed by atoms with Gasteiger partial charge < -0.3 is 5.32 Å². The van der Waals surface area contributed by atoms with Crippen LogP contribution in [-0.2, 0) is 4.79 Å². The van der Waals surface area contributed by atoms with Crippen LogP contribution in [0.1, 0.15) is 12.0 Å². The van der Waals surface area contributed by atoms with E-state index in [4.69, 9.17) is 0 Å². The number of nitrogens with zero attached hydrogens (tertiary/aromatic N) is 1. The van der Waals surface area contributed by atoms with E-state index in [0.717, 1.165) is 17.1 Å². The van der Waals surface area contributed by atoms with Crippen molar-refractivity contribution in [1.29, 1.82) is 0 Å². The molecule has 0 radical (unpaired) electrons. The normalized spacial score (nSPS) is 10.8. The summed E-state index contributed by atoms with van der Waals surface area (Å²) in [5.74, 6) is 0.228. The predicted molar refractivity (Wildman–Crippen MR) is 96.9 cm³/mol. The van der Waals surface area contributed by atoms with E-state index in [1.807, 2.05) is 0 Å². The summed E-state index contributed by atoms with van der Waals surface area (Å²) in [6, 6.07) is 12.5. The van der Waals surface area contributed by atoms with Crippen molar-refractivity contribution in [2.24, 2.45) is 0 Å². The second kappa shape index (κ2) is 9.58. The second-order valence-electron chi connectivity index (χ2n) is 5.10. The van der Waals surface area contributed by atoms with Crippen molar-refractivity contribution >= 4 is 29.4 Å². The van der Waals surface area contributed by atoms with Crippen LogP contribution in [0.2, 0.25) is 0 Å². The maximum atomic E-state index is 12.8. The highest BCUT2D eigenvalue weighted by molar-refractivity contribution is 7.99. The fourth-order valence-corrected chi connectivity index (χ4v) is 2.88. The number of hydrogen-bond donors (Lipinski definition) is 1. The maximum absolute atomic E-state index is 12.8. The van der Waals surface area contributed by atoms with Gasteiger partial charge in [0.25, 0.3) is 5.69 Å². The van der Waals surface area contributed by atoms with Gasteiger partial charge in [0.1, 0.15) is 5.82 Å². The Bertz CT molecular complexity index is 763. The van der Waals surface area contributed by atoms with Crippen molar-refractivity contribution < 1.29 is 14.1 Å². The van der Waals surface area contributed by atoms with Crippen molar-refractivity contribution in [2.75, 3.05) is 12.3 Å². The summed E-state index contributed by atoms with van der Waals surface area (Å²) in [5, 5.41) is 13.6. The second-order valence-corrected chi connectivity index (χ2v) is 6.26. The van der Waals surface area contributed by atoms with E-state index in [0.29, 0.717) is 12.1 Å². The van der Waals surface area contributed by atoms with Crippen molar-refractivity contribution in [3.8, 4) is 0 Å². The summed E-state index contributed by atoms with van der Waals surface area (Å²) in [4.78, 5) is 23.1. The van der Waals surface area contributed by atoms with Gasteiger partial charge in [-0.3, -0.25) is 14.9 Å². The van der Waals surface area contributed by atoms with Gasteiger partial charge in [0.15, 0.2) is 0 Å². The number of benzene rings is 2. The van der Waals surface area contributed by atoms with Gasteiger partial charge in [-0.2, -0.15) is 0 Å². The topological polar surface area (TPSA) is 72.2 Å². The summed E-state index contributed by atoms with van der Waals surface area (Å²) in [6.45, 7) is 0.494. The molecule has 130 valence electrons. The molecule has 0 saturated carbocycles. The van der Waals surface area contributed by atoms with Crippen molar-refractivity contribution in [2.45, 2.75) is 11.3 Å². The van der Waals surface area contributed by atoms with Crippen LogP contribution in [0.5, 0.6) is 0 Å². The number of carbonyl (C=O) groups is 1. The van der Waals surface area contributed by atoms with Crippen LogP contribution < -0.4 is 5.32 Å². The van der Waals surface area contributed by atoms with Crippen LogP contribution in [0.25, 0.3) is 6.08 Å². The number of carbonyl (C=O) groups excluding carboxylic acids is 1. The van der Waals surface area contributed by atoms with E-state index >= 15 is 0 Å². The number of hydrogen-bond acceptors (Lipinski definition) is 4. The first-order valence-electron chi connectivity index (χ1n) is 7.64. The number of rotatable bonds is 8. The Balaban J connectivity index is 1.72. The minimum Gasteiger partial charge on any atom is -0.353 e. The van der Waals surface area contributed by atoms with Crippen LogP contribution in [0.15, 0.2) is 59.5 Å². The molecule has 0 aliphatic carbocycles. The summed E-state index contributed by atoms with van der Waals surface area (Å²) in [5.41, 5.74) is 0.344. The SMILES string of the molecule is O=C(C=Cc1ccccc1[N+](=O)[O-])NCCCSc1ccc(F)cc1. The van der Waals surface area contributed by atoms with E-state index in [1.54, 1.807) is 42.1 Å². The number of amides is 1. The summed E-state index contributed by atoms with van der Waals surface area (Å²) < 4.78 is 12.8. The highest BCUT2D eigenvalue weighted by Crippen LogP contribution is 2.19. The average Bonchev–Trinajstić information content (AvgIpc) is 2.61. The molecule has 25 heavy (non-hydrogen) atoms. The lowest BCUT2D eigenvalue weighted by molar-refractivity contribution is -0.385. The zero-order valence-electron chi connectivity index (χ0n) is 13.4. The predicted octanol–water partition coefficient (Wildman–Crippen LogP) is 4.05. The van der Waals surface area contributed by atoms with E-state index < -0.39 is 4.92 Å². The van der Waals surface area contributed by atoms with Gasteiger partial charge in [-0.25, -0.2) is 4.39 Å². The lowest BCUT2D eigenvalue weighted by Crippen LogP contribution is -2.22. The van der Waals surface area contributed by atoms with Crippen LogP contribution in [0.3, 0.4) is 0 Å². The molecular weight excluding hydrogens is 343 g/mol. The number of para-hydroxylation sites is 1. The zero-order valence-corrected chi connectivity index (χ0v) is 14.2. The number of nitro groups is 1. The molecule has 0 bridgehead atoms. The minimum atomic E-state index is -0.482.